The summed E-state index contributed by atoms with van der Waals surface area (Å²) in [5, 5.41) is 7.95. The fraction of sp³-hybridized carbons (Fsp3) is 0.435. The average Bonchev–Trinajstić information content (AvgIpc) is 3.30. The van der Waals surface area contributed by atoms with Crippen molar-refractivity contribution in [2.45, 2.75) is 37.6 Å². The molecule has 2 saturated carbocycles. The minimum atomic E-state index is -0.238. The second-order valence-corrected chi connectivity index (χ2v) is 9.31. The van der Waals surface area contributed by atoms with Gasteiger partial charge in [0.15, 0.2) is 0 Å². The van der Waals surface area contributed by atoms with Crippen molar-refractivity contribution in [2.24, 2.45) is 23.5 Å². The lowest BCUT2D eigenvalue weighted by atomic mass is 9.60. The van der Waals surface area contributed by atoms with Crippen molar-refractivity contribution in [3.63, 3.8) is 0 Å². The first-order valence-corrected chi connectivity index (χ1v) is 10.4. The van der Waals surface area contributed by atoms with Gasteiger partial charge in [0, 0.05) is 29.5 Å². The third kappa shape index (κ3) is 2.20. The fourth-order valence-electron chi connectivity index (χ4n) is 6.76. The summed E-state index contributed by atoms with van der Waals surface area (Å²) in [7, 11) is 2.15. The molecular formula is C23H30N6. The van der Waals surface area contributed by atoms with Crippen LogP contribution in [-0.2, 0) is 5.54 Å². The van der Waals surface area contributed by atoms with E-state index in [4.69, 9.17) is 28.3 Å². The maximum Gasteiger partial charge on any atom is 0.124 e. The molecule has 0 amide bonds. The number of rotatable bonds is 2. The Bertz CT molecular complexity index is 1030. The SMILES string of the molecule is CN1c2ccc(N)c(N)c2[C@H]2C3CCC(C3)[C@H]2[C@]1(C)c1ccc(N)c(C(=N)N)c1. The fourth-order valence-corrected chi connectivity index (χ4v) is 6.76. The van der Waals surface area contributed by atoms with E-state index in [0.717, 1.165) is 16.9 Å². The summed E-state index contributed by atoms with van der Waals surface area (Å²) in [6, 6.07) is 10.0. The van der Waals surface area contributed by atoms with E-state index in [9.17, 15) is 0 Å². The molecule has 5 rings (SSSR count). The Morgan fingerprint density at radius 1 is 1.07 bits per heavy atom. The number of amidine groups is 1. The molecule has 1 aliphatic heterocycles. The molecule has 2 bridgehead atoms. The summed E-state index contributed by atoms with van der Waals surface area (Å²) in [5.74, 6) is 2.16. The molecule has 0 radical (unpaired) electrons. The lowest BCUT2D eigenvalue weighted by Crippen LogP contribution is -2.54. The molecule has 2 aromatic rings. The van der Waals surface area contributed by atoms with Gasteiger partial charge in [0.25, 0.3) is 0 Å². The van der Waals surface area contributed by atoms with Crippen molar-refractivity contribution in [2.75, 3.05) is 29.1 Å². The standard InChI is InChI=1S/C23H30N6/c1-23(13-5-6-15(24)14(10-13)22(27)28)20-12-4-3-11(9-12)18(20)19-17(29(23)2)8-7-16(25)21(19)26/h5-8,10-12,18,20H,3-4,9,24-26H2,1-2H3,(H3,27,28)/t11?,12?,18-,20-,23+/m1/s1. The number of fused-ring (bicyclic) bond motifs is 7. The van der Waals surface area contributed by atoms with E-state index >= 15 is 0 Å². The third-order valence-corrected chi connectivity index (χ3v) is 8.18. The second kappa shape index (κ2) is 5.81. The molecule has 5 atom stereocenters. The maximum atomic E-state index is 7.95. The number of nitrogens with one attached hydrogen (secondary N) is 1. The predicted octanol–water partition coefficient (Wildman–Crippen LogP) is 3.21. The molecular weight excluding hydrogens is 360 g/mol. The average molecular weight is 391 g/mol. The van der Waals surface area contributed by atoms with Gasteiger partial charge in [0.1, 0.15) is 5.84 Å². The molecule has 2 unspecified atom stereocenters. The van der Waals surface area contributed by atoms with Crippen molar-refractivity contribution in [3.05, 3.63) is 47.0 Å². The van der Waals surface area contributed by atoms with Crippen LogP contribution in [0.1, 0.15) is 48.8 Å². The van der Waals surface area contributed by atoms with Crippen LogP contribution >= 0.6 is 0 Å². The first-order chi connectivity index (χ1) is 13.7. The molecule has 1 heterocycles. The quantitative estimate of drug-likeness (QED) is 0.305. The van der Waals surface area contributed by atoms with Gasteiger partial charge in [-0.2, -0.15) is 0 Å². The van der Waals surface area contributed by atoms with Crippen molar-refractivity contribution in [1.82, 2.24) is 0 Å². The Labute approximate surface area is 171 Å². The minimum Gasteiger partial charge on any atom is -0.398 e. The lowest BCUT2D eigenvalue weighted by Gasteiger charge is -2.56. The van der Waals surface area contributed by atoms with Gasteiger partial charge in [0.2, 0.25) is 0 Å². The van der Waals surface area contributed by atoms with Gasteiger partial charge in [-0.25, -0.2) is 0 Å². The molecule has 2 aromatic carbocycles. The van der Waals surface area contributed by atoms with Gasteiger partial charge in [-0.3, -0.25) is 5.41 Å². The van der Waals surface area contributed by atoms with Gasteiger partial charge < -0.3 is 27.8 Å². The zero-order chi connectivity index (χ0) is 20.7. The van der Waals surface area contributed by atoms with E-state index in [2.05, 4.69) is 31.0 Å². The number of hydrogen-bond donors (Lipinski definition) is 5. The molecule has 6 heteroatoms. The molecule has 2 fully saturated rings. The molecule has 29 heavy (non-hydrogen) atoms. The Kier molecular flexibility index (Phi) is 3.64. The maximum absolute atomic E-state index is 7.95. The number of nitrogens with zero attached hydrogens (tertiary/aromatic N) is 1. The molecule has 9 N–H and O–H groups in total. The Hall–Kier alpha value is -2.89. The number of nitrogens with two attached hydrogens (primary N) is 4. The summed E-state index contributed by atoms with van der Waals surface area (Å²) >= 11 is 0. The Morgan fingerprint density at radius 2 is 1.76 bits per heavy atom. The van der Waals surface area contributed by atoms with E-state index in [1.165, 1.54) is 24.8 Å². The van der Waals surface area contributed by atoms with Crippen molar-refractivity contribution in [3.8, 4) is 0 Å². The molecule has 6 nitrogen and oxygen atoms in total. The Morgan fingerprint density at radius 3 is 2.48 bits per heavy atom. The molecule has 3 aliphatic rings. The van der Waals surface area contributed by atoms with Crippen LogP contribution in [0.2, 0.25) is 0 Å². The highest BCUT2D eigenvalue weighted by Crippen LogP contribution is 2.67. The first kappa shape index (κ1) is 18.2. The number of nitrogen functional groups attached to an aromatic ring is 4. The van der Waals surface area contributed by atoms with Gasteiger partial charge in [-0.1, -0.05) is 6.07 Å². The minimum absolute atomic E-state index is 0.00771. The number of anilines is 4. The summed E-state index contributed by atoms with van der Waals surface area (Å²) in [4.78, 5) is 2.37. The Balaban J connectivity index is 1.76. The van der Waals surface area contributed by atoms with E-state index in [0.29, 0.717) is 40.6 Å². The lowest BCUT2D eigenvalue weighted by molar-refractivity contribution is 0.157. The van der Waals surface area contributed by atoms with Crippen LogP contribution in [-0.4, -0.2) is 12.9 Å². The molecule has 0 spiro atoms. The highest BCUT2D eigenvalue weighted by atomic mass is 15.2. The van der Waals surface area contributed by atoms with Crippen LogP contribution in [0.25, 0.3) is 0 Å². The summed E-state index contributed by atoms with van der Waals surface area (Å²) < 4.78 is 0. The van der Waals surface area contributed by atoms with Crippen LogP contribution in [0.4, 0.5) is 22.7 Å². The highest BCUT2D eigenvalue weighted by molar-refractivity contribution is 6.00. The predicted molar refractivity (Wildman–Crippen MR) is 120 cm³/mol. The number of hydrogen-bond acceptors (Lipinski definition) is 5. The second-order valence-electron chi connectivity index (χ2n) is 9.31. The van der Waals surface area contributed by atoms with Gasteiger partial charge in [-0.05, 0) is 79.7 Å². The van der Waals surface area contributed by atoms with Crippen LogP contribution in [0.5, 0.6) is 0 Å². The van der Waals surface area contributed by atoms with Crippen LogP contribution < -0.4 is 27.8 Å². The van der Waals surface area contributed by atoms with Crippen LogP contribution in [0.3, 0.4) is 0 Å². The largest absolute Gasteiger partial charge is 0.398 e. The van der Waals surface area contributed by atoms with Gasteiger partial charge in [-0.15, -0.1) is 0 Å². The summed E-state index contributed by atoms with van der Waals surface area (Å²) in [6.07, 6.45) is 3.78. The smallest absolute Gasteiger partial charge is 0.124 e. The van der Waals surface area contributed by atoms with Crippen LogP contribution in [0.15, 0.2) is 30.3 Å². The number of benzene rings is 2. The topological polar surface area (TPSA) is 131 Å². The summed E-state index contributed by atoms with van der Waals surface area (Å²) in [6.45, 7) is 2.33. The van der Waals surface area contributed by atoms with E-state index in [1.807, 2.05) is 18.2 Å². The first-order valence-electron chi connectivity index (χ1n) is 10.4. The van der Waals surface area contributed by atoms with E-state index in [-0.39, 0.29) is 11.4 Å². The zero-order valence-electron chi connectivity index (χ0n) is 17.1. The highest BCUT2D eigenvalue weighted by Gasteiger charge is 2.60. The summed E-state index contributed by atoms with van der Waals surface area (Å²) in [5.41, 5.74) is 30.6. The van der Waals surface area contributed by atoms with Gasteiger partial charge in [0.05, 0.1) is 16.9 Å². The monoisotopic (exact) mass is 390 g/mol. The molecule has 152 valence electrons. The third-order valence-electron chi connectivity index (χ3n) is 8.18. The van der Waals surface area contributed by atoms with Crippen molar-refractivity contribution in [1.29, 1.82) is 5.41 Å². The van der Waals surface area contributed by atoms with E-state index in [1.54, 1.807) is 0 Å². The van der Waals surface area contributed by atoms with Crippen LogP contribution in [0, 0.1) is 23.2 Å². The molecule has 0 saturated heterocycles. The van der Waals surface area contributed by atoms with Crippen molar-refractivity contribution >= 4 is 28.6 Å². The molecule has 2 aliphatic carbocycles. The normalized spacial score (nSPS) is 32.1. The van der Waals surface area contributed by atoms with Crippen molar-refractivity contribution < 1.29 is 0 Å². The van der Waals surface area contributed by atoms with E-state index < -0.39 is 0 Å². The zero-order valence-corrected chi connectivity index (χ0v) is 17.1. The van der Waals surface area contributed by atoms with Gasteiger partial charge >= 0.3 is 0 Å². The molecule has 0 aromatic heterocycles.